The van der Waals surface area contributed by atoms with Gasteiger partial charge in [-0.15, -0.1) is 0 Å². The average molecular weight is 329 g/mol. The molecule has 6 nitrogen and oxygen atoms in total. The van der Waals surface area contributed by atoms with Gasteiger partial charge in [0.05, 0.1) is 5.69 Å². The van der Waals surface area contributed by atoms with E-state index in [1.807, 2.05) is 59.1 Å². The third-order valence-electron chi connectivity index (χ3n) is 4.00. The Morgan fingerprint density at radius 1 is 1.00 bits per heavy atom. The lowest BCUT2D eigenvalue weighted by Gasteiger charge is -2.07. The minimum Gasteiger partial charge on any atom is -0.410 e. The zero-order chi connectivity index (χ0) is 17.2. The molecule has 4 rings (SSSR count). The summed E-state index contributed by atoms with van der Waals surface area (Å²) in [5, 5.41) is 13.0. The van der Waals surface area contributed by atoms with Crippen LogP contribution < -0.4 is 5.73 Å². The summed E-state index contributed by atoms with van der Waals surface area (Å²) in [7, 11) is 0. The van der Waals surface area contributed by atoms with Gasteiger partial charge in [0.25, 0.3) is 0 Å². The van der Waals surface area contributed by atoms with Gasteiger partial charge in [-0.3, -0.25) is 9.38 Å². The second-order valence-corrected chi connectivity index (χ2v) is 5.55. The predicted octanol–water partition coefficient (Wildman–Crippen LogP) is 3.21. The maximum atomic E-state index is 9.51. The fourth-order valence-corrected chi connectivity index (χ4v) is 2.87. The lowest BCUT2D eigenvalue weighted by Crippen LogP contribution is -2.05. The Morgan fingerprint density at radius 3 is 2.56 bits per heavy atom. The van der Waals surface area contributed by atoms with Crippen LogP contribution in [-0.4, -0.2) is 25.3 Å². The zero-order valence-electron chi connectivity index (χ0n) is 13.2. The number of hydrogen-bond acceptors (Lipinski definition) is 5. The Hall–Kier alpha value is -3.67. The van der Waals surface area contributed by atoms with Gasteiger partial charge in [0, 0.05) is 35.3 Å². The third kappa shape index (κ3) is 2.59. The van der Waals surface area contributed by atoms with E-state index in [1.54, 1.807) is 18.5 Å². The number of nitrogens with two attached hydrogens (primary N) is 1. The molecule has 1 aromatic carbocycles. The number of pyridine rings is 2. The largest absolute Gasteiger partial charge is 0.410 e. The molecule has 3 aromatic heterocycles. The van der Waals surface area contributed by atoms with E-state index >= 15 is 0 Å². The first-order valence-corrected chi connectivity index (χ1v) is 7.74. The standard InChI is InChI=1S/C19H15N5O/c20-19-18(13-5-2-1-3-6-13)24-12-15(8-9-16(24)22-19)17(23-25)14-7-4-10-21-11-14/h1-12,25H,20H2/b23-17+. The van der Waals surface area contributed by atoms with E-state index in [2.05, 4.69) is 15.1 Å². The summed E-state index contributed by atoms with van der Waals surface area (Å²) in [6.45, 7) is 0. The molecule has 3 heterocycles. The Morgan fingerprint density at radius 2 is 1.84 bits per heavy atom. The maximum absolute atomic E-state index is 9.51. The van der Waals surface area contributed by atoms with Gasteiger partial charge in [-0.05, 0) is 24.3 Å². The van der Waals surface area contributed by atoms with E-state index < -0.39 is 0 Å². The molecule has 0 saturated carbocycles. The van der Waals surface area contributed by atoms with Crippen molar-refractivity contribution in [1.82, 2.24) is 14.4 Å². The highest BCUT2D eigenvalue weighted by molar-refractivity contribution is 6.12. The monoisotopic (exact) mass is 329 g/mol. The van der Waals surface area contributed by atoms with E-state index in [1.165, 1.54) is 0 Å². The fraction of sp³-hybridized carbons (Fsp3) is 0. The molecule has 0 radical (unpaired) electrons. The van der Waals surface area contributed by atoms with Gasteiger partial charge in [-0.2, -0.15) is 0 Å². The highest BCUT2D eigenvalue weighted by Gasteiger charge is 2.14. The van der Waals surface area contributed by atoms with Crippen molar-refractivity contribution in [1.29, 1.82) is 0 Å². The summed E-state index contributed by atoms with van der Waals surface area (Å²) >= 11 is 0. The number of imidazole rings is 1. The maximum Gasteiger partial charge on any atom is 0.150 e. The van der Waals surface area contributed by atoms with Crippen LogP contribution >= 0.6 is 0 Å². The summed E-state index contributed by atoms with van der Waals surface area (Å²) in [5.74, 6) is 0.451. The normalized spacial score (nSPS) is 11.8. The van der Waals surface area contributed by atoms with E-state index in [0.29, 0.717) is 11.5 Å². The van der Waals surface area contributed by atoms with Crippen molar-refractivity contribution in [2.45, 2.75) is 0 Å². The molecule has 0 aliphatic rings. The molecule has 0 atom stereocenters. The molecule has 25 heavy (non-hydrogen) atoms. The van der Waals surface area contributed by atoms with Crippen LogP contribution in [-0.2, 0) is 0 Å². The van der Waals surface area contributed by atoms with Crippen molar-refractivity contribution >= 4 is 17.2 Å². The number of aromatic nitrogens is 3. The van der Waals surface area contributed by atoms with Crippen molar-refractivity contribution in [3.05, 3.63) is 84.3 Å². The highest BCUT2D eigenvalue weighted by Crippen LogP contribution is 2.27. The lowest BCUT2D eigenvalue weighted by molar-refractivity contribution is 0.319. The molecule has 3 N–H and O–H groups in total. The summed E-state index contributed by atoms with van der Waals surface area (Å²) in [6, 6.07) is 17.1. The van der Waals surface area contributed by atoms with Crippen LogP contribution in [0.5, 0.6) is 0 Å². The minimum absolute atomic E-state index is 0.432. The fourth-order valence-electron chi connectivity index (χ4n) is 2.87. The molecule has 0 aliphatic carbocycles. The second-order valence-electron chi connectivity index (χ2n) is 5.55. The summed E-state index contributed by atoms with van der Waals surface area (Å²) in [4.78, 5) is 8.49. The first kappa shape index (κ1) is 14.9. The Kier molecular flexibility index (Phi) is 3.63. The molecule has 0 spiro atoms. The zero-order valence-corrected chi connectivity index (χ0v) is 13.2. The van der Waals surface area contributed by atoms with Crippen LogP contribution in [0, 0.1) is 0 Å². The SMILES string of the molecule is Nc1nc2ccc(/C(=N/O)c3cccnc3)cn2c1-c1ccccc1. The number of anilines is 1. The molecule has 6 heteroatoms. The number of nitrogens with zero attached hydrogens (tertiary/aromatic N) is 4. The molecular formula is C19H15N5O. The number of oxime groups is 1. The van der Waals surface area contributed by atoms with E-state index in [0.717, 1.165) is 28.0 Å². The van der Waals surface area contributed by atoms with Crippen molar-refractivity contribution in [3.8, 4) is 11.3 Å². The number of rotatable bonds is 3. The predicted molar refractivity (Wildman–Crippen MR) is 96.7 cm³/mol. The quantitative estimate of drug-likeness (QED) is 0.343. The van der Waals surface area contributed by atoms with E-state index in [-0.39, 0.29) is 0 Å². The van der Waals surface area contributed by atoms with Gasteiger partial charge in [-0.25, -0.2) is 4.98 Å². The topological polar surface area (TPSA) is 88.8 Å². The van der Waals surface area contributed by atoms with Gasteiger partial charge in [0.1, 0.15) is 11.4 Å². The molecule has 0 bridgehead atoms. The molecular weight excluding hydrogens is 314 g/mol. The first-order chi connectivity index (χ1) is 12.3. The molecule has 122 valence electrons. The van der Waals surface area contributed by atoms with Crippen LogP contribution in [0.1, 0.15) is 11.1 Å². The summed E-state index contributed by atoms with van der Waals surface area (Å²) in [5.41, 5.74) is 10.5. The Labute approximate surface area is 143 Å². The second kappa shape index (κ2) is 6.09. The summed E-state index contributed by atoms with van der Waals surface area (Å²) < 4.78 is 1.90. The third-order valence-corrected chi connectivity index (χ3v) is 4.00. The molecule has 4 aromatic rings. The number of benzene rings is 1. The number of fused-ring (bicyclic) bond motifs is 1. The van der Waals surface area contributed by atoms with Gasteiger partial charge in [-0.1, -0.05) is 35.5 Å². The first-order valence-electron chi connectivity index (χ1n) is 7.74. The van der Waals surface area contributed by atoms with Crippen LogP contribution in [0.25, 0.3) is 16.9 Å². The van der Waals surface area contributed by atoms with Crippen LogP contribution in [0.2, 0.25) is 0 Å². The number of nitrogen functional groups attached to an aromatic ring is 1. The average Bonchev–Trinajstić information content (AvgIpc) is 2.99. The molecule has 0 amide bonds. The number of hydrogen-bond donors (Lipinski definition) is 2. The molecule has 0 aliphatic heterocycles. The molecule has 0 unspecified atom stereocenters. The Bertz CT molecular complexity index is 1060. The van der Waals surface area contributed by atoms with Crippen LogP contribution in [0.4, 0.5) is 5.82 Å². The van der Waals surface area contributed by atoms with Crippen molar-refractivity contribution in [3.63, 3.8) is 0 Å². The van der Waals surface area contributed by atoms with Gasteiger partial charge in [0.15, 0.2) is 5.82 Å². The van der Waals surface area contributed by atoms with Crippen molar-refractivity contribution < 1.29 is 5.21 Å². The lowest BCUT2D eigenvalue weighted by atomic mass is 10.1. The smallest absolute Gasteiger partial charge is 0.150 e. The van der Waals surface area contributed by atoms with Gasteiger partial charge in [0.2, 0.25) is 0 Å². The van der Waals surface area contributed by atoms with Crippen LogP contribution in [0.3, 0.4) is 0 Å². The molecule has 0 fully saturated rings. The van der Waals surface area contributed by atoms with E-state index in [9.17, 15) is 5.21 Å². The van der Waals surface area contributed by atoms with Crippen molar-refractivity contribution in [2.75, 3.05) is 5.73 Å². The summed E-state index contributed by atoms with van der Waals surface area (Å²) in [6.07, 6.45) is 5.19. The highest BCUT2D eigenvalue weighted by atomic mass is 16.4. The Balaban J connectivity index is 1.91. The van der Waals surface area contributed by atoms with Gasteiger partial charge >= 0.3 is 0 Å². The van der Waals surface area contributed by atoms with Gasteiger partial charge < -0.3 is 10.9 Å². The van der Waals surface area contributed by atoms with Crippen molar-refractivity contribution in [2.24, 2.45) is 5.16 Å². The molecule has 0 saturated heterocycles. The minimum atomic E-state index is 0.432. The van der Waals surface area contributed by atoms with E-state index in [4.69, 9.17) is 5.73 Å². The van der Waals surface area contributed by atoms with Crippen LogP contribution in [0.15, 0.2) is 78.3 Å².